The van der Waals surface area contributed by atoms with Crippen molar-refractivity contribution in [2.75, 3.05) is 6.61 Å². The number of benzene rings is 1. The standard InChI is InChI=1S/C12H17FO2/c1-4-9-6-10(8(3)14)12(13)11(7-9)15-5-2/h6-8,14H,4-5H2,1-3H3. The predicted molar refractivity (Wildman–Crippen MR) is 57.6 cm³/mol. The average molecular weight is 212 g/mol. The van der Waals surface area contributed by atoms with Crippen LogP contribution in [0.4, 0.5) is 4.39 Å². The Labute approximate surface area is 89.7 Å². The highest BCUT2D eigenvalue weighted by Crippen LogP contribution is 2.27. The Kier molecular flexibility index (Phi) is 4.09. The van der Waals surface area contributed by atoms with Crippen LogP contribution in [-0.2, 0) is 6.42 Å². The highest BCUT2D eigenvalue weighted by atomic mass is 19.1. The zero-order chi connectivity index (χ0) is 11.4. The van der Waals surface area contributed by atoms with Crippen molar-refractivity contribution < 1.29 is 14.2 Å². The number of aryl methyl sites for hydroxylation is 1. The minimum atomic E-state index is -0.810. The number of aliphatic hydroxyl groups is 1. The van der Waals surface area contributed by atoms with E-state index in [1.54, 1.807) is 26.0 Å². The van der Waals surface area contributed by atoms with Crippen LogP contribution < -0.4 is 4.74 Å². The summed E-state index contributed by atoms with van der Waals surface area (Å²) in [6.45, 7) is 5.76. The van der Waals surface area contributed by atoms with Crippen molar-refractivity contribution in [1.82, 2.24) is 0 Å². The molecule has 0 aliphatic heterocycles. The largest absolute Gasteiger partial charge is 0.491 e. The first kappa shape index (κ1) is 12.0. The van der Waals surface area contributed by atoms with E-state index in [9.17, 15) is 9.50 Å². The summed E-state index contributed by atoms with van der Waals surface area (Å²) < 4.78 is 18.9. The summed E-state index contributed by atoms with van der Waals surface area (Å²) in [4.78, 5) is 0. The Morgan fingerprint density at radius 2 is 2.07 bits per heavy atom. The fourth-order valence-electron chi connectivity index (χ4n) is 1.45. The van der Waals surface area contributed by atoms with Crippen LogP contribution >= 0.6 is 0 Å². The van der Waals surface area contributed by atoms with E-state index in [0.29, 0.717) is 12.2 Å². The van der Waals surface area contributed by atoms with Crippen LogP contribution in [0.5, 0.6) is 5.75 Å². The van der Waals surface area contributed by atoms with E-state index in [1.165, 1.54) is 0 Å². The molecule has 0 spiro atoms. The summed E-state index contributed by atoms with van der Waals surface area (Å²) in [5.74, 6) is -0.225. The quantitative estimate of drug-likeness (QED) is 0.831. The third kappa shape index (κ3) is 2.69. The number of halogens is 1. The summed E-state index contributed by atoms with van der Waals surface area (Å²) in [7, 11) is 0. The van der Waals surface area contributed by atoms with Gasteiger partial charge in [-0.05, 0) is 31.9 Å². The van der Waals surface area contributed by atoms with Gasteiger partial charge in [-0.2, -0.15) is 0 Å². The molecule has 0 saturated carbocycles. The van der Waals surface area contributed by atoms with E-state index >= 15 is 0 Å². The van der Waals surface area contributed by atoms with Gasteiger partial charge < -0.3 is 9.84 Å². The third-order valence-electron chi connectivity index (χ3n) is 2.29. The number of hydrogen-bond donors (Lipinski definition) is 1. The van der Waals surface area contributed by atoms with Gasteiger partial charge in [0.25, 0.3) is 0 Å². The third-order valence-corrected chi connectivity index (χ3v) is 2.29. The summed E-state index contributed by atoms with van der Waals surface area (Å²) >= 11 is 0. The Morgan fingerprint density at radius 3 is 2.53 bits per heavy atom. The van der Waals surface area contributed by atoms with Gasteiger partial charge in [0.15, 0.2) is 11.6 Å². The lowest BCUT2D eigenvalue weighted by atomic mass is 10.0. The highest BCUT2D eigenvalue weighted by Gasteiger charge is 2.14. The minimum Gasteiger partial charge on any atom is -0.491 e. The molecule has 1 rings (SSSR count). The second-order valence-electron chi connectivity index (χ2n) is 3.46. The summed E-state index contributed by atoms with van der Waals surface area (Å²) in [5.41, 5.74) is 1.27. The molecule has 0 fully saturated rings. The highest BCUT2D eigenvalue weighted by molar-refractivity contribution is 5.37. The lowest BCUT2D eigenvalue weighted by Gasteiger charge is -2.13. The second-order valence-corrected chi connectivity index (χ2v) is 3.46. The van der Waals surface area contributed by atoms with Gasteiger partial charge in [-0.1, -0.05) is 13.0 Å². The molecule has 0 aliphatic carbocycles. The van der Waals surface area contributed by atoms with E-state index in [1.807, 2.05) is 6.92 Å². The maximum Gasteiger partial charge on any atom is 0.170 e. The van der Waals surface area contributed by atoms with E-state index in [2.05, 4.69) is 0 Å². The summed E-state index contributed by atoms with van der Waals surface area (Å²) in [5, 5.41) is 9.42. The van der Waals surface area contributed by atoms with Crippen molar-refractivity contribution in [2.24, 2.45) is 0 Å². The summed E-state index contributed by atoms with van der Waals surface area (Å²) in [6.07, 6.45) is -0.0178. The van der Waals surface area contributed by atoms with Gasteiger partial charge in [0, 0.05) is 5.56 Å². The van der Waals surface area contributed by atoms with Crippen molar-refractivity contribution in [2.45, 2.75) is 33.3 Å². The molecule has 15 heavy (non-hydrogen) atoms. The molecule has 0 bridgehead atoms. The van der Waals surface area contributed by atoms with Crippen molar-refractivity contribution in [3.8, 4) is 5.75 Å². The fraction of sp³-hybridized carbons (Fsp3) is 0.500. The van der Waals surface area contributed by atoms with Crippen LogP contribution in [0.2, 0.25) is 0 Å². The van der Waals surface area contributed by atoms with E-state index in [0.717, 1.165) is 12.0 Å². The minimum absolute atomic E-state index is 0.229. The average Bonchev–Trinajstić information content (AvgIpc) is 2.21. The maximum absolute atomic E-state index is 13.7. The van der Waals surface area contributed by atoms with Crippen LogP contribution in [0.25, 0.3) is 0 Å². The van der Waals surface area contributed by atoms with Gasteiger partial charge in [0.05, 0.1) is 12.7 Å². The van der Waals surface area contributed by atoms with Gasteiger partial charge >= 0.3 is 0 Å². The zero-order valence-electron chi connectivity index (χ0n) is 9.38. The lowest BCUT2D eigenvalue weighted by Crippen LogP contribution is -2.03. The lowest BCUT2D eigenvalue weighted by molar-refractivity contribution is 0.192. The maximum atomic E-state index is 13.7. The monoisotopic (exact) mass is 212 g/mol. The van der Waals surface area contributed by atoms with Crippen molar-refractivity contribution >= 4 is 0 Å². The molecule has 0 heterocycles. The van der Waals surface area contributed by atoms with E-state index in [-0.39, 0.29) is 5.75 Å². The zero-order valence-corrected chi connectivity index (χ0v) is 9.38. The number of aliphatic hydroxyl groups excluding tert-OH is 1. The Balaban J connectivity index is 3.20. The van der Waals surface area contributed by atoms with Gasteiger partial charge in [0.1, 0.15) is 0 Å². The molecular weight excluding hydrogens is 195 g/mol. The van der Waals surface area contributed by atoms with Crippen LogP contribution in [-0.4, -0.2) is 11.7 Å². The first-order chi connectivity index (χ1) is 7.10. The number of rotatable bonds is 4. The Bertz CT molecular complexity index is 335. The van der Waals surface area contributed by atoms with Crippen molar-refractivity contribution in [3.63, 3.8) is 0 Å². The SMILES string of the molecule is CCOc1cc(CC)cc(C(C)O)c1F. The molecule has 2 nitrogen and oxygen atoms in total. The molecule has 84 valence electrons. The normalized spacial score (nSPS) is 12.6. The van der Waals surface area contributed by atoms with Crippen LogP contribution in [0.1, 0.15) is 38.0 Å². The molecule has 0 aliphatic rings. The molecular formula is C12H17FO2. The molecule has 1 aromatic rings. The van der Waals surface area contributed by atoms with Crippen molar-refractivity contribution in [1.29, 1.82) is 0 Å². The van der Waals surface area contributed by atoms with E-state index in [4.69, 9.17) is 4.74 Å². The van der Waals surface area contributed by atoms with E-state index < -0.39 is 11.9 Å². The Hall–Kier alpha value is -1.09. The molecule has 1 aromatic carbocycles. The first-order valence-electron chi connectivity index (χ1n) is 5.23. The fourth-order valence-corrected chi connectivity index (χ4v) is 1.45. The number of ether oxygens (including phenoxy) is 1. The van der Waals surface area contributed by atoms with Gasteiger partial charge in [-0.25, -0.2) is 4.39 Å². The van der Waals surface area contributed by atoms with Gasteiger partial charge in [-0.3, -0.25) is 0 Å². The summed E-state index contributed by atoms with van der Waals surface area (Å²) in [6, 6.07) is 3.37. The van der Waals surface area contributed by atoms with Crippen LogP contribution in [0.3, 0.4) is 0 Å². The topological polar surface area (TPSA) is 29.5 Å². The number of hydrogen-bond acceptors (Lipinski definition) is 2. The molecule has 1 N–H and O–H groups in total. The second kappa shape index (κ2) is 5.12. The molecule has 0 amide bonds. The molecule has 3 heteroatoms. The molecule has 1 atom stereocenters. The van der Waals surface area contributed by atoms with Crippen molar-refractivity contribution in [3.05, 3.63) is 29.1 Å². The molecule has 0 saturated heterocycles. The Morgan fingerprint density at radius 1 is 1.40 bits per heavy atom. The van der Waals surface area contributed by atoms with Gasteiger partial charge in [0.2, 0.25) is 0 Å². The first-order valence-corrected chi connectivity index (χ1v) is 5.23. The molecule has 0 aromatic heterocycles. The van der Waals surface area contributed by atoms with Gasteiger partial charge in [-0.15, -0.1) is 0 Å². The molecule has 1 unspecified atom stereocenters. The smallest absolute Gasteiger partial charge is 0.170 e. The van der Waals surface area contributed by atoms with Crippen LogP contribution in [0.15, 0.2) is 12.1 Å². The van der Waals surface area contributed by atoms with Crippen LogP contribution in [0, 0.1) is 5.82 Å². The predicted octanol–water partition coefficient (Wildman–Crippen LogP) is 2.84. The molecule has 0 radical (unpaired) electrons.